The van der Waals surface area contributed by atoms with Gasteiger partial charge in [0.05, 0.1) is 57.4 Å². The molecule has 0 bridgehead atoms. The molecule has 0 spiro atoms. The van der Waals surface area contributed by atoms with E-state index in [1.54, 1.807) is 20.4 Å². The number of anilines is 2. The Kier molecular flexibility index (Phi) is 7.06. The maximum absolute atomic E-state index is 5.54. The number of morpholine rings is 1. The van der Waals surface area contributed by atoms with Gasteiger partial charge in [0.1, 0.15) is 22.9 Å². The third-order valence-electron chi connectivity index (χ3n) is 7.17. The molecule has 38 heavy (non-hydrogen) atoms. The number of nitrogens with zero attached hydrogens (tertiary/aromatic N) is 7. The standard InChI is InChI=1S/C28H33N7O3/c1-36-23-13-22(14-24(16-23)37-2)35(18-20-3-4-20)21-5-6-25-26(15-21)30-27(17-29-25)28-19-34(32-31-28)8-7-33-9-11-38-12-10-33/h5-6,13-17,19-20H,3-4,7-12,18H2,1-2H3. The van der Waals surface area contributed by atoms with Crippen molar-refractivity contribution < 1.29 is 14.2 Å². The van der Waals surface area contributed by atoms with Crippen LogP contribution in [0.15, 0.2) is 48.8 Å². The van der Waals surface area contributed by atoms with Gasteiger partial charge in [-0.3, -0.25) is 14.6 Å². The molecule has 0 atom stereocenters. The molecule has 10 nitrogen and oxygen atoms in total. The molecule has 3 heterocycles. The lowest BCUT2D eigenvalue weighted by Gasteiger charge is -2.26. The molecule has 0 radical (unpaired) electrons. The summed E-state index contributed by atoms with van der Waals surface area (Å²) in [5.41, 5.74) is 5.17. The second-order valence-electron chi connectivity index (χ2n) is 9.87. The molecule has 1 saturated carbocycles. The Bertz CT molecular complexity index is 1380. The van der Waals surface area contributed by atoms with Crippen molar-refractivity contribution in [2.45, 2.75) is 19.4 Å². The Balaban J connectivity index is 1.27. The first-order chi connectivity index (χ1) is 18.7. The van der Waals surface area contributed by atoms with Gasteiger partial charge in [0.2, 0.25) is 0 Å². The molecule has 2 aliphatic rings. The monoisotopic (exact) mass is 515 g/mol. The molecule has 2 fully saturated rings. The summed E-state index contributed by atoms with van der Waals surface area (Å²) in [7, 11) is 3.35. The quantitative estimate of drug-likeness (QED) is 0.313. The highest BCUT2D eigenvalue weighted by molar-refractivity contribution is 5.82. The number of rotatable bonds is 10. The van der Waals surface area contributed by atoms with Gasteiger partial charge in [0.15, 0.2) is 0 Å². The van der Waals surface area contributed by atoms with Gasteiger partial charge >= 0.3 is 0 Å². The van der Waals surface area contributed by atoms with Crippen LogP contribution in [0.2, 0.25) is 0 Å². The lowest BCUT2D eigenvalue weighted by molar-refractivity contribution is 0.0359. The highest BCUT2D eigenvalue weighted by Crippen LogP contribution is 2.38. The largest absolute Gasteiger partial charge is 0.497 e. The fourth-order valence-electron chi connectivity index (χ4n) is 4.75. The predicted octanol–water partition coefficient (Wildman–Crippen LogP) is 3.79. The van der Waals surface area contributed by atoms with Gasteiger partial charge in [-0.25, -0.2) is 4.98 Å². The minimum absolute atomic E-state index is 0.674. The molecular formula is C28H33N7O3. The van der Waals surface area contributed by atoms with E-state index in [4.69, 9.17) is 19.2 Å². The number of fused-ring (bicyclic) bond motifs is 1. The Hall–Kier alpha value is -3.76. The summed E-state index contributed by atoms with van der Waals surface area (Å²) in [5, 5.41) is 8.70. The van der Waals surface area contributed by atoms with E-state index in [-0.39, 0.29) is 0 Å². The van der Waals surface area contributed by atoms with Crippen LogP contribution in [0, 0.1) is 5.92 Å². The Labute approximate surface area is 222 Å². The van der Waals surface area contributed by atoms with E-state index in [0.717, 1.165) is 85.5 Å². The van der Waals surface area contributed by atoms with Crippen LogP contribution >= 0.6 is 0 Å². The van der Waals surface area contributed by atoms with E-state index < -0.39 is 0 Å². The third kappa shape index (κ3) is 5.56. The van der Waals surface area contributed by atoms with Crippen LogP contribution in [0.1, 0.15) is 12.8 Å². The second kappa shape index (κ2) is 10.9. The lowest BCUT2D eigenvalue weighted by atomic mass is 10.1. The Morgan fingerprint density at radius 2 is 1.71 bits per heavy atom. The van der Waals surface area contributed by atoms with Crippen LogP contribution in [0.25, 0.3) is 22.4 Å². The molecule has 0 unspecified atom stereocenters. The summed E-state index contributed by atoms with van der Waals surface area (Å²) >= 11 is 0. The van der Waals surface area contributed by atoms with Gasteiger partial charge in [-0.15, -0.1) is 5.10 Å². The zero-order valence-corrected chi connectivity index (χ0v) is 21.9. The summed E-state index contributed by atoms with van der Waals surface area (Å²) in [5.74, 6) is 2.20. The molecule has 6 rings (SSSR count). The normalized spacial score (nSPS) is 16.1. The van der Waals surface area contributed by atoms with Crippen molar-refractivity contribution >= 4 is 22.4 Å². The van der Waals surface area contributed by atoms with E-state index in [9.17, 15) is 0 Å². The summed E-state index contributed by atoms with van der Waals surface area (Å²) in [6.07, 6.45) is 6.21. The van der Waals surface area contributed by atoms with Gasteiger partial charge in [-0.1, -0.05) is 5.21 Å². The number of hydrogen-bond donors (Lipinski definition) is 0. The van der Waals surface area contributed by atoms with Crippen LogP contribution in [0.4, 0.5) is 11.4 Å². The lowest BCUT2D eigenvalue weighted by Crippen LogP contribution is -2.38. The highest BCUT2D eigenvalue weighted by Gasteiger charge is 2.26. The van der Waals surface area contributed by atoms with Crippen molar-refractivity contribution in [1.29, 1.82) is 0 Å². The van der Waals surface area contributed by atoms with Crippen molar-refractivity contribution in [3.05, 3.63) is 48.8 Å². The van der Waals surface area contributed by atoms with E-state index in [0.29, 0.717) is 11.6 Å². The number of methoxy groups -OCH3 is 2. The molecular weight excluding hydrogens is 482 g/mol. The maximum atomic E-state index is 5.54. The minimum Gasteiger partial charge on any atom is -0.497 e. The van der Waals surface area contributed by atoms with Gasteiger partial charge in [0, 0.05) is 55.8 Å². The summed E-state index contributed by atoms with van der Waals surface area (Å²) in [6.45, 7) is 6.12. The Morgan fingerprint density at radius 3 is 2.45 bits per heavy atom. The summed E-state index contributed by atoms with van der Waals surface area (Å²) < 4.78 is 18.4. The number of benzene rings is 2. The second-order valence-corrected chi connectivity index (χ2v) is 9.87. The molecule has 0 N–H and O–H groups in total. The van der Waals surface area contributed by atoms with Crippen molar-refractivity contribution in [2.75, 3.05) is 58.5 Å². The van der Waals surface area contributed by atoms with Crippen LogP contribution in [0.5, 0.6) is 11.5 Å². The summed E-state index contributed by atoms with van der Waals surface area (Å²) in [6, 6.07) is 12.2. The first kappa shape index (κ1) is 24.6. The van der Waals surface area contributed by atoms with Crippen LogP contribution in [0.3, 0.4) is 0 Å². The smallest absolute Gasteiger partial charge is 0.133 e. The topological polar surface area (TPSA) is 90.7 Å². The van der Waals surface area contributed by atoms with E-state index in [2.05, 4.69) is 37.2 Å². The number of ether oxygens (including phenoxy) is 3. The first-order valence-electron chi connectivity index (χ1n) is 13.2. The van der Waals surface area contributed by atoms with Crippen LogP contribution < -0.4 is 14.4 Å². The maximum Gasteiger partial charge on any atom is 0.133 e. The van der Waals surface area contributed by atoms with Crippen molar-refractivity contribution in [3.63, 3.8) is 0 Å². The SMILES string of the molecule is COc1cc(OC)cc(N(CC2CC2)c2ccc3ncc(-c4cn(CCN5CCOCC5)nn4)nc3c2)c1. The van der Waals surface area contributed by atoms with E-state index >= 15 is 0 Å². The first-order valence-corrected chi connectivity index (χ1v) is 13.2. The van der Waals surface area contributed by atoms with Gasteiger partial charge in [-0.05, 0) is 37.0 Å². The molecule has 1 aliphatic heterocycles. The van der Waals surface area contributed by atoms with Crippen molar-refractivity contribution in [1.82, 2.24) is 29.9 Å². The molecule has 198 valence electrons. The fourth-order valence-corrected chi connectivity index (χ4v) is 4.75. The third-order valence-corrected chi connectivity index (χ3v) is 7.17. The van der Waals surface area contributed by atoms with E-state index in [1.165, 1.54) is 12.8 Å². The van der Waals surface area contributed by atoms with Crippen molar-refractivity contribution in [2.24, 2.45) is 5.92 Å². The zero-order chi connectivity index (χ0) is 25.9. The van der Waals surface area contributed by atoms with Gasteiger partial charge in [-0.2, -0.15) is 0 Å². The number of hydrogen-bond acceptors (Lipinski definition) is 9. The highest BCUT2D eigenvalue weighted by atomic mass is 16.5. The molecule has 0 amide bonds. The minimum atomic E-state index is 0.674. The molecule has 2 aromatic heterocycles. The average Bonchev–Trinajstić information content (AvgIpc) is 3.68. The number of aromatic nitrogens is 5. The molecule has 1 saturated heterocycles. The molecule has 4 aromatic rings. The van der Waals surface area contributed by atoms with Gasteiger partial charge < -0.3 is 19.1 Å². The molecule has 10 heteroatoms. The van der Waals surface area contributed by atoms with Crippen LogP contribution in [-0.4, -0.2) is 83.5 Å². The molecule has 1 aliphatic carbocycles. The van der Waals surface area contributed by atoms with E-state index in [1.807, 2.05) is 35.1 Å². The van der Waals surface area contributed by atoms with Crippen LogP contribution in [-0.2, 0) is 11.3 Å². The zero-order valence-electron chi connectivity index (χ0n) is 21.9. The van der Waals surface area contributed by atoms with Gasteiger partial charge in [0.25, 0.3) is 0 Å². The Morgan fingerprint density at radius 1 is 0.921 bits per heavy atom. The molecule has 2 aromatic carbocycles. The van der Waals surface area contributed by atoms with Crippen molar-refractivity contribution in [3.8, 4) is 22.9 Å². The predicted molar refractivity (Wildman–Crippen MR) is 145 cm³/mol. The fraction of sp³-hybridized carbons (Fsp3) is 0.429. The average molecular weight is 516 g/mol. The summed E-state index contributed by atoms with van der Waals surface area (Å²) in [4.78, 5) is 14.3.